The number of hydrogen-bond acceptors (Lipinski definition) is 3. The first-order chi connectivity index (χ1) is 5.27. The zero-order valence-electron chi connectivity index (χ0n) is 6.69. The number of ether oxygens (including phenoxy) is 1. The molecule has 4 heteroatoms. The van der Waals surface area contributed by atoms with Gasteiger partial charge in [0.1, 0.15) is 0 Å². The molecule has 1 rings (SSSR count). The highest BCUT2D eigenvalue weighted by Crippen LogP contribution is 2.34. The van der Waals surface area contributed by atoms with Gasteiger partial charge in [0.25, 0.3) is 0 Å². The Morgan fingerprint density at radius 1 is 1.55 bits per heavy atom. The summed E-state index contributed by atoms with van der Waals surface area (Å²) in [5.41, 5.74) is 0. The minimum Gasteiger partial charge on any atom is -0.384 e. The molecule has 0 aromatic heterocycles. The minimum absolute atomic E-state index is 0.134. The van der Waals surface area contributed by atoms with Crippen LogP contribution < -0.4 is 0 Å². The van der Waals surface area contributed by atoms with Crippen LogP contribution in [0.25, 0.3) is 0 Å². The van der Waals surface area contributed by atoms with Crippen molar-refractivity contribution in [3.05, 3.63) is 0 Å². The first kappa shape index (κ1) is 9.04. The largest absolute Gasteiger partial charge is 0.384 e. The summed E-state index contributed by atoms with van der Waals surface area (Å²) < 4.78 is 4.96. The molecule has 0 heterocycles. The van der Waals surface area contributed by atoms with E-state index in [2.05, 4.69) is 4.89 Å². The lowest BCUT2D eigenvalue weighted by molar-refractivity contribution is -0.287. The van der Waals surface area contributed by atoms with Crippen LogP contribution in [-0.2, 0) is 9.62 Å². The zero-order chi connectivity index (χ0) is 8.27. The number of methoxy groups -OCH3 is 1. The van der Waals surface area contributed by atoms with Crippen LogP contribution in [0.15, 0.2) is 0 Å². The number of rotatable bonds is 3. The van der Waals surface area contributed by atoms with Gasteiger partial charge in [-0.25, -0.2) is 4.89 Å². The van der Waals surface area contributed by atoms with Crippen LogP contribution in [-0.4, -0.2) is 32.9 Å². The Labute approximate surface area is 68.0 Å². The van der Waals surface area contributed by atoms with Gasteiger partial charge in [0, 0.05) is 13.0 Å². The maximum absolute atomic E-state index is 8.47. The van der Waals surface area contributed by atoms with Crippen LogP contribution in [0.3, 0.4) is 0 Å². The fourth-order valence-corrected chi connectivity index (χ4v) is 1.65. The summed E-state index contributed by atoms with van der Waals surface area (Å²) >= 11 is 0. The van der Waals surface area contributed by atoms with Crippen molar-refractivity contribution in [1.29, 1.82) is 0 Å². The second-order valence-electron chi connectivity index (χ2n) is 3.09. The van der Waals surface area contributed by atoms with Gasteiger partial charge in [-0.2, -0.15) is 0 Å². The van der Waals surface area contributed by atoms with Crippen LogP contribution in [0.5, 0.6) is 0 Å². The number of hydrogen-bond donors (Lipinski definition) is 1. The molecule has 0 aliphatic heterocycles. The van der Waals surface area contributed by atoms with E-state index in [4.69, 9.17) is 17.8 Å². The molecule has 0 spiro atoms. The highest BCUT2D eigenvalue weighted by atomic mass is 17.1. The molecule has 1 aliphatic carbocycles. The average Bonchev–Trinajstić information content (AvgIpc) is 2.32. The average molecular weight is 156 g/mol. The molecular weight excluding hydrogens is 143 g/mol. The van der Waals surface area contributed by atoms with Crippen LogP contribution in [0.1, 0.15) is 12.8 Å². The maximum atomic E-state index is 8.47. The zero-order valence-corrected chi connectivity index (χ0v) is 6.69. The van der Waals surface area contributed by atoms with Crippen LogP contribution >= 0.6 is 0 Å². The molecule has 62 valence electrons. The quantitative estimate of drug-likeness (QED) is 0.374. The Morgan fingerprint density at radius 2 is 2.27 bits per heavy atom. The SMILES string of the molecule is [B][C@@H]1C[C@H](COC)[C@@H](OO)C1. The van der Waals surface area contributed by atoms with Crippen molar-refractivity contribution >= 4 is 7.85 Å². The lowest BCUT2D eigenvalue weighted by Crippen LogP contribution is -2.20. The van der Waals surface area contributed by atoms with E-state index in [0.29, 0.717) is 6.61 Å². The van der Waals surface area contributed by atoms with Gasteiger partial charge in [-0.05, 0) is 6.42 Å². The van der Waals surface area contributed by atoms with E-state index in [1.54, 1.807) is 7.11 Å². The molecule has 0 aromatic rings. The minimum atomic E-state index is -0.134. The third-order valence-corrected chi connectivity index (χ3v) is 2.18. The van der Waals surface area contributed by atoms with Crippen molar-refractivity contribution in [3.63, 3.8) is 0 Å². The molecule has 0 amide bonds. The molecule has 1 saturated carbocycles. The van der Waals surface area contributed by atoms with Gasteiger partial charge in [-0.1, -0.05) is 12.2 Å². The van der Waals surface area contributed by atoms with E-state index in [1.807, 2.05) is 0 Å². The Morgan fingerprint density at radius 3 is 2.82 bits per heavy atom. The molecule has 0 bridgehead atoms. The second-order valence-corrected chi connectivity index (χ2v) is 3.09. The smallest absolute Gasteiger partial charge is 0.0972 e. The molecule has 2 radical (unpaired) electrons. The Balaban J connectivity index is 2.37. The second kappa shape index (κ2) is 4.09. The molecule has 3 atom stereocenters. The van der Waals surface area contributed by atoms with Gasteiger partial charge in [0.15, 0.2) is 0 Å². The summed E-state index contributed by atoms with van der Waals surface area (Å²) in [4.78, 5) is 4.29. The van der Waals surface area contributed by atoms with Crippen molar-refractivity contribution < 1.29 is 14.9 Å². The summed E-state index contributed by atoms with van der Waals surface area (Å²) in [6.45, 7) is 0.610. The highest BCUT2D eigenvalue weighted by molar-refractivity contribution is 6.11. The summed E-state index contributed by atoms with van der Waals surface area (Å²) in [6.07, 6.45) is 1.47. The molecule has 1 aliphatic rings. The monoisotopic (exact) mass is 156 g/mol. The molecule has 0 aromatic carbocycles. The molecule has 0 unspecified atom stereocenters. The van der Waals surface area contributed by atoms with E-state index in [-0.39, 0.29) is 17.8 Å². The first-order valence-electron chi connectivity index (χ1n) is 3.82. The Kier molecular flexibility index (Phi) is 3.36. The fraction of sp³-hybridized carbons (Fsp3) is 1.00. The maximum Gasteiger partial charge on any atom is 0.0972 e. The third kappa shape index (κ3) is 2.19. The van der Waals surface area contributed by atoms with Gasteiger partial charge < -0.3 is 4.74 Å². The summed E-state index contributed by atoms with van der Waals surface area (Å²) in [5, 5.41) is 8.47. The van der Waals surface area contributed by atoms with Gasteiger partial charge in [0.2, 0.25) is 0 Å². The predicted octanol–water partition coefficient (Wildman–Crippen LogP) is 0.858. The topological polar surface area (TPSA) is 38.7 Å². The summed E-state index contributed by atoms with van der Waals surface area (Å²) in [5.74, 6) is 0.396. The van der Waals surface area contributed by atoms with E-state index in [1.165, 1.54) is 0 Å². The van der Waals surface area contributed by atoms with Gasteiger partial charge in [-0.3, -0.25) is 5.26 Å². The predicted molar refractivity (Wildman–Crippen MR) is 41.6 cm³/mol. The molecule has 0 saturated heterocycles. The summed E-state index contributed by atoms with van der Waals surface area (Å²) in [6, 6.07) is 0. The van der Waals surface area contributed by atoms with Crippen molar-refractivity contribution in [2.45, 2.75) is 24.8 Å². The first-order valence-corrected chi connectivity index (χ1v) is 3.82. The molecule has 3 nitrogen and oxygen atoms in total. The molecular formula is C7H13BO3. The standard InChI is InChI=1S/C7H13BO3/c1-10-4-5-2-6(8)3-7(5)11-9/h5-7,9H,2-4H2,1H3/t5-,6-,7+/m1/s1. The van der Waals surface area contributed by atoms with E-state index >= 15 is 0 Å². The lowest BCUT2D eigenvalue weighted by Gasteiger charge is -2.14. The third-order valence-electron chi connectivity index (χ3n) is 2.18. The summed E-state index contributed by atoms with van der Waals surface area (Å²) in [7, 11) is 7.31. The van der Waals surface area contributed by atoms with E-state index in [9.17, 15) is 0 Å². The van der Waals surface area contributed by atoms with E-state index in [0.717, 1.165) is 12.8 Å². The normalized spacial score (nSPS) is 37.8. The van der Waals surface area contributed by atoms with Crippen LogP contribution in [0, 0.1) is 5.92 Å². The Hall–Kier alpha value is -0.0551. The van der Waals surface area contributed by atoms with Crippen molar-refractivity contribution in [2.24, 2.45) is 5.92 Å². The lowest BCUT2D eigenvalue weighted by atomic mass is 9.85. The van der Waals surface area contributed by atoms with Crippen molar-refractivity contribution in [3.8, 4) is 0 Å². The van der Waals surface area contributed by atoms with Gasteiger partial charge in [-0.15, -0.1) is 0 Å². The fourth-order valence-electron chi connectivity index (χ4n) is 1.65. The van der Waals surface area contributed by atoms with Crippen molar-refractivity contribution in [1.82, 2.24) is 0 Å². The molecule has 1 N–H and O–H groups in total. The van der Waals surface area contributed by atoms with Crippen LogP contribution in [0.4, 0.5) is 0 Å². The molecule has 11 heavy (non-hydrogen) atoms. The van der Waals surface area contributed by atoms with Gasteiger partial charge >= 0.3 is 0 Å². The highest BCUT2D eigenvalue weighted by Gasteiger charge is 2.32. The Bertz CT molecular complexity index is 120. The van der Waals surface area contributed by atoms with Gasteiger partial charge in [0.05, 0.1) is 20.6 Å². The van der Waals surface area contributed by atoms with Crippen molar-refractivity contribution in [2.75, 3.05) is 13.7 Å². The van der Waals surface area contributed by atoms with Crippen LogP contribution in [0.2, 0.25) is 5.82 Å². The molecule has 1 fully saturated rings. The van der Waals surface area contributed by atoms with E-state index < -0.39 is 0 Å².